The Morgan fingerprint density at radius 1 is 1.07 bits per heavy atom. The monoisotopic (exact) mass is 388 g/mol. The molecule has 146 valence electrons. The van der Waals surface area contributed by atoms with Gasteiger partial charge in [0.1, 0.15) is 0 Å². The van der Waals surface area contributed by atoms with E-state index < -0.39 is 0 Å². The second-order valence-electron chi connectivity index (χ2n) is 7.03. The number of fused-ring (bicyclic) bond motifs is 1. The van der Waals surface area contributed by atoms with E-state index in [1.807, 2.05) is 56.3 Å². The molecule has 2 heterocycles. The van der Waals surface area contributed by atoms with Gasteiger partial charge >= 0.3 is 0 Å². The molecule has 2 N–H and O–H groups in total. The normalized spacial score (nSPS) is 11.0. The summed E-state index contributed by atoms with van der Waals surface area (Å²) in [5.74, 6) is 0.374. The molecule has 1 amide bonds. The fraction of sp³-hybridized carbons (Fsp3) is 0.182. The van der Waals surface area contributed by atoms with Gasteiger partial charge in [0.25, 0.3) is 5.56 Å². The summed E-state index contributed by atoms with van der Waals surface area (Å²) < 4.78 is 5.23. The van der Waals surface area contributed by atoms with Crippen LogP contribution in [0.2, 0.25) is 0 Å². The van der Waals surface area contributed by atoms with Crippen LogP contribution >= 0.6 is 0 Å². The number of amides is 1. The summed E-state index contributed by atoms with van der Waals surface area (Å²) in [6.45, 7) is 3.97. The summed E-state index contributed by atoms with van der Waals surface area (Å²) >= 11 is 0. The molecule has 0 saturated heterocycles. The van der Waals surface area contributed by atoms with Crippen LogP contribution in [-0.2, 0) is 11.2 Å². The predicted molar refractivity (Wildman–Crippen MR) is 111 cm³/mol. The molecule has 0 saturated carbocycles. The maximum atomic E-state index is 12.4. The molecule has 0 atom stereocenters. The van der Waals surface area contributed by atoms with Gasteiger partial charge in [-0.2, -0.15) is 4.98 Å². The summed E-state index contributed by atoms with van der Waals surface area (Å²) in [4.78, 5) is 31.6. The Morgan fingerprint density at radius 2 is 1.83 bits per heavy atom. The average Bonchev–Trinajstić information content (AvgIpc) is 3.17. The highest BCUT2D eigenvalue weighted by atomic mass is 16.5. The van der Waals surface area contributed by atoms with Gasteiger partial charge in [0.05, 0.1) is 5.56 Å². The lowest BCUT2D eigenvalue weighted by Gasteiger charge is -2.04. The van der Waals surface area contributed by atoms with E-state index >= 15 is 0 Å². The number of nitrogens with one attached hydrogen (secondary N) is 2. The third-order valence-electron chi connectivity index (χ3n) is 4.61. The minimum Gasteiger partial charge on any atom is -0.339 e. The van der Waals surface area contributed by atoms with Gasteiger partial charge in [-0.15, -0.1) is 0 Å². The van der Waals surface area contributed by atoms with Gasteiger partial charge in [-0.1, -0.05) is 34.5 Å². The summed E-state index contributed by atoms with van der Waals surface area (Å²) in [5.41, 5.74) is 3.75. The molecule has 0 fully saturated rings. The number of benzene rings is 2. The van der Waals surface area contributed by atoms with Crippen LogP contribution in [0.15, 0.2) is 57.8 Å². The first kappa shape index (κ1) is 18.6. The van der Waals surface area contributed by atoms with E-state index in [9.17, 15) is 9.59 Å². The van der Waals surface area contributed by atoms with E-state index in [0.29, 0.717) is 11.5 Å². The van der Waals surface area contributed by atoms with Crippen molar-refractivity contribution in [3.63, 3.8) is 0 Å². The van der Waals surface area contributed by atoms with E-state index in [1.165, 1.54) is 0 Å². The summed E-state index contributed by atoms with van der Waals surface area (Å²) in [5, 5.41) is 7.63. The molecule has 29 heavy (non-hydrogen) atoms. The van der Waals surface area contributed by atoms with Crippen molar-refractivity contribution in [1.29, 1.82) is 0 Å². The highest BCUT2D eigenvalue weighted by Crippen LogP contribution is 2.19. The second-order valence-corrected chi connectivity index (χ2v) is 7.03. The highest BCUT2D eigenvalue weighted by Gasteiger charge is 2.14. The lowest BCUT2D eigenvalue weighted by atomic mass is 10.1. The molecule has 7 nitrogen and oxygen atoms in total. The fourth-order valence-corrected chi connectivity index (χ4v) is 3.04. The Morgan fingerprint density at radius 3 is 2.62 bits per heavy atom. The maximum absolute atomic E-state index is 12.4. The van der Waals surface area contributed by atoms with Crippen LogP contribution in [0.4, 0.5) is 5.69 Å². The molecule has 2 aromatic carbocycles. The van der Waals surface area contributed by atoms with Crippen molar-refractivity contribution in [1.82, 2.24) is 15.1 Å². The standard InChI is InChI=1S/C22H20N4O3/c1-13-3-6-16(7-4-13)23-19(27)9-10-20-25-21(26-29-20)17-12-15-11-14(2)5-8-18(15)24-22(17)28/h3-8,11-12H,9-10H2,1-2H3,(H,23,27)(H,24,28). The quantitative estimate of drug-likeness (QED) is 0.542. The average molecular weight is 388 g/mol. The van der Waals surface area contributed by atoms with Crippen molar-refractivity contribution < 1.29 is 9.32 Å². The van der Waals surface area contributed by atoms with Gasteiger partial charge in [0.2, 0.25) is 17.6 Å². The number of hydrogen-bond donors (Lipinski definition) is 2. The third kappa shape index (κ3) is 4.24. The van der Waals surface area contributed by atoms with Crippen molar-refractivity contribution in [3.8, 4) is 11.4 Å². The maximum Gasteiger partial charge on any atom is 0.259 e. The van der Waals surface area contributed by atoms with E-state index in [-0.39, 0.29) is 30.1 Å². The molecule has 0 aliphatic carbocycles. The smallest absolute Gasteiger partial charge is 0.259 e. The number of aromatic nitrogens is 3. The molecule has 4 rings (SSSR count). The zero-order chi connectivity index (χ0) is 20.4. The lowest BCUT2D eigenvalue weighted by Crippen LogP contribution is -2.12. The third-order valence-corrected chi connectivity index (χ3v) is 4.61. The van der Waals surface area contributed by atoms with Gasteiger partial charge in [-0.25, -0.2) is 0 Å². The first-order chi connectivity index (χ1) is 14.0. The molecule has 0 radical (unpaired) electrons. The van der Waals surface area contributed by atoms with E-state index in [4.69, 9.17) is 4.52 Å². The van der Waals surface area contributed by atoms with Gasteiger partial charge in [-0.05, 0) is 49.6 Å². The topological polar surface area (TPSA) is 101 Å². The molecule has 0 aliphatic heterocycles. The van der Waals surface area contributed by atoms with Gasteiger partial charge in [-0.3, -0.25) is 9.59 Å². The van der Waals surface area contributed by atoms with Crippen molar-refractivity contribution in [2.24, 2.45) is 0 Å². The minimum absolute atomic E-state index is 0.146. The number of hydrogen-bond acceptors (Lipinski definition) is 5. The zero-order valence-corrected chi connectivity index (χ0v) is 16.2. The Kier molecular flexibility index (Phi) is 4.95. The number of carbonyl (C=O) groups excluding carboxylic acids is 1. The van der Waals surface area contributed by atoms with Crippen LogP contribution in [0.3, 0.4) is 0 Å². The molecule has 0 unspecified atom stereocenters. The van der Waals surface area contributed by atoms with Crippen LogP contribution in [0.1, 0.15) is 23.4 Å². The van der Waals surface area contributed by atoms with Crippen molar-refractivity contribution in [2.45, 2.75) is 26.7 Å². The van der Waals surface area contributed by atoms with Crippen LogP contribution < -0.4 is 10.9 Å². The second kappa shape index (κ2) is 7.71. The highest BCUT2D eigenvalue weighted by molar-refractivity contribution is 5.90. The molecule has 4 aromatic rings. The Labute approximate surface area is 166 Å². The van der Waals surface area contributed by atoms with Gasteiger partial charge in [0.15, 0.2) is 0 Å². The molecule has 0 aliphatic rings. The fourth-order valence-electron chi connectivity index (χ4n) is 3.04. The number of aryl methyl sites for hydroxylation is 3. The van der Waals surface area contributed by atoms with Gasteiger partial charge in [0, 0.05) is 24.0 Å². The zero-order valence-electron chi connectivity index (χ0n) is 16.2. The Hall–Kier alpha value is -3.74. The number of aromatic amines is 1. The molecule has 0 bridgehead atoms. The molecule has 7 heteroatoms. The number of H-pyrrole nitrogens is 1. The SMILES string of the molecule is Cc1ccc(NC(=O)CCc2nc(-c3cc4cc(C)ccc4[nH]c3=O)no2)cc1. The molecule has 2 aromatic heterocycles. The van der Waals surface area contributed by atoms with Crippen molar-refractivity contribution in [2.75, 3.05) is 5.32 Å². The summed E-state index contributed by atoms with van der Waals surface area (Å²) in [6.07, 6.45) is 0.484. The number of carbonyl (C=O) groups is 1. The molecule has 0 spiro atoms. The largest absolute Gasteiger partial charge is 0.339 e. The van der Waals surface area contributed by atoms with E-state index in [0.717, 1.165) is 27.7 Å². The predicted octanol–water partition coefficient (Wildman–Crippen LogP) is 3.77. The molecular formula is C22H20N4O3. The first-order valence-corrected chi connectivity index (χ1v) is 9.31. The number of rotatable bonds is 5. The van der Waals surface area contributed by atoms with Crippen LogP contribution in [0, 0.1) is 13.8 Å². The van der Waals surface area contributed by atoms with Crippen LogP contribution in [-0.4, -0.2) is 21.0 Å². The van der Waals surface area contributed by atoms with Crippen molar-refractivity contribution >= 4 is 22.5 Å². The van der Waals surface area contributed by atoms with Gasteiger partial charge < -0.3 is 14.8 Å². The van der Waals surface area contributed by atoms with E-state index in [1.54, 1.807) is 6.07 Å². The summed E-state index contributed by atoms with van der Waals surface area (Å²) in [7, 11) is 0. The Balaban J connectivity index is 1.46. The lowest BCUT2D eigenvalue weighted by molar-refractivity contribution is -0.116. The molecular weight excluding hydrogens is 368 g/mol. The van der Waals surface area contributed by atoms with Crippen LogP contribution in [0.25, 0.3) is 22.3 Å². The number of anilines is 1. The van der Waals surface area contributed by atoms with E-state index in [2.05, 4.69) is 20.4 Å². The van der Waals surface area contributed by atoms with Crippen LogP contribution in [0.5, 0.6) is 0 Å². The number of nitrogens with zero attached hydrogens (tertiary/aromatic N) is 2. The Bertz CT molecular complexity index is 1240. The van der Waals surface area contributed by atoms with Crippen molar-refractivity contribution in [3.05, 3.63) is 75.9 Å². The first-order valence-electron chi connectivity index (χ1n) is 9.31. The summed E-state index contributed by atoms with van der Waals surface area (Å²) in [6, 6.07) is 15.1. The minimum atomic E-state index is -0.286. The number of pyridine rings is 1.